The highest BCUT2D eigenvalue weighted by Gasteiger charge is 2.29. The summed E-state index contributed by atoms with van der Waals surface area (Å²) in [5.41, 5.74) is 1.24. The number of methoxy groups -OCH3 is 1. The number of nitrogens with one attached hydrogen (secondary N) is 1. The van der Waals surface area contributed by atoms with Crippen LogP contribution < -0.4 is 10.1 Å². The molecular formula is C19H28N2O4. The molecule has 3 atom stereocenters. The van der Waals surface area contributed by atoms with Crippen molar-refractivity contribution in [3.8, 4) is 5.75 Å². The van der Waals surface area contributed by atoms with Crippen LogP contribution in [0.2, 0.25) is 0 Å². The molecule has 1 amide bonds. The zero-order valence-electron chi connectivity index (χ0n) is 15.1. The lowest BCUT2D eigenvalue weighted by Crippen LogP contribution is -2.49. The maximum Gasteiger partial charge on any atom is 0.248 e. The van der Waals surface area contributed by atoms with E-state index in [2.05, 4.69) is 17.4 Å². The van der Waals surface area contributed by atoms with Crippen LogP contribution in [0.3, 0.4) is 0 Å². The van der Waals surface area contributed by atoms with Gasteiger partial charge in [-0.2, -0.15) is 0 Å². The number of carbonyl (C=O) groups is 1. The van der Waals surface area contributed by atoms with Gasteiger partial charge in [-0.3, -0.25) is 4.79 Å². The summed E-state index contributed by atoms with van der Waals surface area (Å²) in [5, 5.41) is 3.37. The van der Waals surface area contributed by atoms with Gasteiger partial charge in [-0.15, -0.1) is 0 Å². The summed E-state index contributed by atoms with van der Waals surface area (Å²) < 4.78 is 16.7. The molecule has 2 saturated heterocycles. The number of ether oxygens (including phenoxy) is 3. The van der Waals surface area contributed by atoms with E-state index in [1.807, 2.05) is 24.0 Å². The van der Waals surface area contributed by atoms with E-state index in [4.69, 9.17) is 14.2 Å². The Kier molecular flexibility index (Phi) is 6.29. The van der Waals surface area contributed by atoms with E-state index in [9.17, 15) is 4.79 Å². The monoisotopic (exact) mass is 348 g/mol. The summed E-state index contributed by atoms with van der Waals surface area (Å²) in [6.45, 7) is 5.73. The van der Waals surface area contributed by atoms with E-state index < -0.39 is 0 Å². The molecule has 2 aliphatic heterocycles. The standard InChI is InChI=1S/C19H28N2O4/c1-14-12-24-10-9-21(14)19(22)13-25-18-11-20-8-7-17(18)15-3-5-16(23-2)6-4-15/h3-6,14,17-18,20H,7-13H2,1-2H3/t14?,17?,18-/m1/s1. The third-order valence-corrected chi connectivity index (χ3v) is 5.08. The van der Waals surface area contributed by atoms with Crippen LogP contribution in [0.25, 0.3) is 0 Å². The summed E-state index contributed by atoms with van der Waals surface area (Å²) in [7, 11) is 1.67. The predicted octanol–water partition coefficient (Wildman–Crippen LogP) is 1.40. The summed E-state index contributed by atoms with van der Waals surface area (Å²) in [6, 6.07) is 8.27. The van der Waals surface area contributed by atoms with E-state index in [-0.39, 0.29) is 24.7 Å². The number of rotatable bonds is 5. The minimum atomic E-state index is 0.00226. The molecule has 0 bridgehead atoms. The fraction of sp³-hybridized carbons (Fsp3) is 0.632. The molecule has 1 N–H and O–H groups in total. The highest BCUT2D eigenvalue weighted by molar-refractivity contribution is 5.77. The van der Waals surface area contributed by atoms with E-state index in [0.717, 1.165) is 25.3 Å². The molecule has 0 radical (unpaired) electrons. The summed E-state index contributed by atoms with van der Waals surface area (Å²) >= 11 is 0. The first-order chi connectivity index (χ1) is 12.2. The maximum absolute atomic E-state index is 12.5. The fourth-order valence-electron chi connectivity index (χ4n) is 3.60. The molecule has 2 aliphatic rings. The highest BCUT2D eigenvalue weighted by atomic mass is 16.5. The number of piperidine rings is 1. The van der Waals surface area contributed by atoms with Gasteiger partial charge in [0.2, 0.25) is 5.91 Å². The van der Waals surface area contributed by atoms with Gasteiger partial charge in [-0.25, -0.2) is 0 Å². The second-order valence-electron chi connectivity index (χ2n) is 6.73. The lowest BCUT2D eigenvalue weighted by atomic mass is 9.88. The SMILES string of the molecule is COc1ccc(C2CCNC[C@H]2OCC(=O)N2CCOCC2C)cc1. The Hall–Kier alpha value is -1.63. The van der Waals surface area contributed by atoms with Crippen LogP contribution in [-0.2, 0) is 14.3 Å². The Labute approximate surface area is 149 Å². The fourth-order valence-corrected chi connectivity index (χ4v) is 3.60. The van der Waals surface area contributed by atoms with Crippen molar-refractivity contribution in [2.24, 2.45) is 0 Å². The Morgan fingerprint density at radius 1 is 1.36 bits per heavy atom. The van der Waals surface area contributed by atoms with Crippen molar-refractivity contribution in [1.82, 2.24) is 10.2 Å². The van der Waals surface area contributed by atoms with Crippen LogP contribution >= 0.6 is 0 Å². The first kappa shape index (κ1) is 18.2. The van der Waals surface area contributed by atoms with Gasteiger partial charge in [-0.1, -0.05) is 12.1 Å². The largest absolute Gasteiger partial charge is 0.497 e. The van der Waals surface area contributed by atoms with Crippen molar-refractivity contribution in [3.05, 3.63) is 29.8 Å². The molecular weight excluding hydrogens is 320 g/mol. The second kappa shape index (κ2) is 8.65. The van der Waals surface area contributed by atoms with Crippen molar-refractivity contribution in [2.75, 3.05) is 46.6 Å². The van der Waals surface area contributed by atoms with Gasteiger partial charge in [0.15, 0.2) is 0 Å². The molecule has 25 heavy (non-hydrogen) atoms. The van der Waals surface area contributed by atoms with Crippen molar-refractivity contribution < 1.29 is 19.0 Å². The first-order valence-corrected chi connectivity index (χ1v) is 9.02. The van der Waals surface area contributed by atoms with Crippen LogP contribution in [0.5, 0.6) is 5.75 Å². The quantitative estimate of drug-likeness (QED) is 0.872. The molecule has 2 fully saturated rings. The molecule has 1 aromatic rings. The zero-order chi connectivity index (χ0) is 17.6. The normalized spacial score (nSPS) is 27.1. The number of nitrogens with zero attached hydrogens (tertiary/aromatic N) is 1. The third-order valence-electron chi connectivity index (χ3n) is 5.08. The van der Waals surface area contributed by atoms with E-state index in [1.165, 1.54) is 5.56 Å². The molecule has 2 heterocycles. The zero-order valence-corrected chi connectivity index (χ0v) is 15.1. The number of benzene rings is 1. The average molecular weight is 348 g/mol. The molecule has 0 aromatic heterocycles. The van der Waals surface area contributed by atoms with Crippen molar-refractivity contribution >= 4 is 5.91 Å². The molecule has 2 unspecified atom stereocenters. The van der Waals surface area contributed by atoms with Crippen molar-refractivity contribution in [2.45, 2.75) is 31.4 Å². The molecule has 0 spiro atoms. The summed E-state index contributed by atoms with van der Waals surface area (Å²) in [4.78, 5) is 14.3. The van der Waals surface area contributed by atoms with Gasteiger partial charge in [0.25, 0.3) is 0 Å². The lowest BCUT2D eigenvalue weighted by Gasteiger charge is -2.35. The molecule has 138 valence electrons. The van der Waals surface area contributed by atoms with Crippen LogP contribution in [0.15, 0.2) is 24.3 Å². The van der Waals surface area contributed by atoms with Gasteiger partial charge in [0.05, 0.1) is 32.5 Å². The van der Waals surface area contributed by atoms with Gasteiger partial charge < -0.3 is 24.4 Å². The predicted molar refractivity (Wildman–Crippen MR) is 95.0 cm³/mol. The van der Waals surface area contributed by atoms with Crippen LogP contribution in [-0.4, -0.2) is 69.5 Å². The Morgan fingerprint density at radius 3 is 2.88 bits per heavy atom. The van der Waals surface area contributed by atoms with Gasteiger partial charge >= 0.3 is 0 Å². The van der Waals surface area contributed by atoms with Crippen LogP contribution in [0, 0.1) is 0 Å². The Balaban J connectivity index is 1.59. The Bertz CT molecular complexity index is 563. The second-order valence-corrected chi connectivity index (χ2v) is 6.73. The van der Waals surface area contributed by atoms with Crippen molar-refractivity contribution in [1.29, 1.82) is 0 Å². The number of hydrogen-bond acceptors (Lipinski definition) is 5. The van der Waals surface area contributed by atoms with Crippen LogP contribution in [0.1, 0.15) is 24.8 Å². The van der Waals surface area contributed by atoms with Crippen LogP contribution in [0.4, 0.5) is 0 Å². The highest BCUT2D eigenvalue weighted by Crippen LogP contribution is 2.29. The van der Waals surface area contributed by atoms with E-state index in [0.29, 0.717) is 25.7 Å². The molecule has 1 aromatic carbocycles. The Morgan fingerprint density at radius 2 is 2.16 bits per heavy atom. The third kappa shape index (κ3) is 4.51. The molecule has 0 saturated carbocycles. The smallest absolute Gasteiger partial charge is 0.248 e. The minimum absolute atomic E-state index is 0.00226. The van der Waals surface area contributed by atoms with Gasteiger partial charge in [0.1, 0.15) is 12.4 Å². The number of hydrogen-bond donors (Lipinski definition) is 1. The molecule has 0 aliphatic carbocycles. The lowest BCUT2D eigenvalue weighted by molar-refractivity contribution is -0.146. The van der Waals surface area contributed by atoms with Crippen molar-refractivity contribution in [3.63, 3.8) is 0 Å². The van der Waals surface area contributed by atoms with Gasteiger partial charge in [-0.05, 0) is 37.6 Å². The molecule has 6 heteroatoms. The minimum Gasteiger partial charge on any atom is -0.497 e. The summed E-state index contributed by atoms with van der Waals surface area (Å²) in [5.74, 6) is 1.20. The number of carbonyl (C=O) groups excluding carboxylic acids is 1. The maximum atomic E-state index is 12.5. The van der Waals surface area contributed by atoms with Gasteiger partial charge in [0, 0.05) is 19.0 Å². The number of amides is 1. The van der Waals surface area contributed by atoms with E-state index >= 15 is 0 Å². The first-order valence-electron chi connectivity index (χ1n) is 9.02. The summed E-state index contributed by atoms with van der Waals surface area (Å²) in [6.07, 6.45) is 1.00. The van der Waals surface area contributed by atoms with E-state index in [1.54, 1.807) is 7.11 Å². The topological polar surface area (TPSA) is 60.0 Å². The molecule has 6 nitrogen and oxygen atoms in total. The average Bonchev–Trinajstić information content (AvgIpc) is 2.67. The number of morpholine rings is 1. The molecule has 3 rings (SSSR count).